The number of halogens is 1. The minimum absolute atomic E-state index is 0.0332. The normalized spacial score (nSPS) is 16.8. The van der Waals surface area contributed by atoms with E-state index in [9.17, 15) is 14.0 Å². The SMILES string of the molecule is C=CC(=O)NC1CCCC(C)C1.C=CC(=O)Nc1cc(C)ccc1F.CC.CC. The molecule has 29 heavy (non-hydrogen) atoms. The summed E-state index contributed by atoms with van der Waals surface area (Å²) >= 11 is 0. The number of carbonyl (C=O) groups excluding carboxylic acids is 2. The van der Waals surface area contributed by atoms with Crippen LogP contribution in [0.2, 0.25) is 0 Å². The van der Waals surface area contributed by atoms with Crippen LogP contribution in [0, 0.1) is 18.7 Å². The fraction of sp³-hybridized carbons (Fsp3) is 0.500. The Bertz CT molecular complexity index is 629. The van der Waals surface area contributed by atoms with E-state index in [4.69, 9.17) is 0 Å². The highest BCUT2D eigenvalue weighted by molar-refractivity contribution is 5.98. The minimum Gasteiger partial charge on any atom is -0.350 e. The smallest absolute Gasteiger partial charge is 0.247 e. The van der Waals surface area contributed by atoms with Crippen LogP contribution in [0.25, 0.3) is 0 Å². The molecule has 1 fully saturated rings. The molecule has 1 aliphatic rings. The first-order chi connectivity index (χ1) is 13.8. The van der Waals surface area contributed by atoms with Crippen LogP contribution in [0.3, 0.4) is 0 Å². The van der Waals surface area contributed by atoms with Crippen molar-refractivity contribution in [1.29, 1.82) is 0 Å². The first-order valence-electron chi connectivity index (χ1n) is 10.5. The maximum atomic E-state index is 13.0. The molecule has 1 aromatic carbocycles. The third-order valence-electron chi connectivity index (χ3n) is 4.03. The Balaban J connectivity index is 0. The van der Waals surface area contributed by atoms with Gasteiger partial charge in [-0.25, -0.2) is 4.39 Å². The largest absolute Gasteiger partial charge is 0.350 e. The summed E-state index contributed by atoms with van der Waals surface area (Å²) in [5.41, 5.74) is 1.07. The van der Waals surface area contributed by atoms with Crippen LogP contribution in [-0.2, 0) is 9.59 Å². The molecule has 0 bridgehead atoms. The van der Waals surface area contributed by atoms with Crippen LogP contribution < -0.4 is 10.6 Å². The van der Waals surface area contributed by atoms with Gasteiger partial charge >= 0.3 is 0 Å². The third-order valence-corrected chi connectivity index (χ3v) is 4.03. The Hall–Kier alpha value is -2.43. The Labute approximate surface area is 176 Å². The number of carbonyl (C=O) groups is 2. The summed E-state index contributed by atoms with van der Waals surface area (Å²) in [7, 11) is 0. The average Bonchev–Trinajstić information content (AvgIpc) is 2.74. The summed E-state index contributed by atoms with van der Waals surface area (Å²) in [6.45, 7) is 18.8. The van der Waals surface area contributed by atoms with Gasteiger partial charge in [0.1, 0.15) is 5.82 Å². The highest BCUT2D eigenvalue weighted by Crippen LogP contribution is 2.23. The van der Waals surface area contributed by atoms with Crippen molar-refractivity contribution in [3.8, 4) is 0 Å². The molecular formula is C24H39FN2O2. The molecule has 164 valence electrons. The summed E-state index contributed by atoms with van der Waals surface area (Å²) in [6, 6.07) is 4.91. The zero-order valence-electron chi connectivity index (χ0n) is 19.0. The molecule has 0 spiro atoms. The topological polar surface area (TPSA) is 58.2 Å². The highest BCUT2D eigenvalue weighted by Gasteiger charge is 2.19. The lowest BCUT2D eigenvalue weighted by Gasteiger charge is -2.26. The standard InChI is InChI=1S/C10H10FNO.C10H17NO.2C2H6/c1-3-10(13)12-9-6-7(2)4-5-8(9)11;1-3-10(12)11-9-6-4-5-8(2)7-9;2*1-2/h3-6H,1H2,2H3,(H,12,13);3,8-9H,1,4-7H2,2H3,(H,11,12);2*1-2H3. The van der Waals surface area contributed by atoms with Crippen molar-refractivity contribution in [2.75, 3.05) is 5.32 Å². The number of rotatable bonds is 4. The molecule has 2 unspecified atom stereocenters. The molecule has 2 amide bonds. The molecule has 5 heteroatoms. The number of nitrogens with one attached hydrogen (secondary N) is 2. The van der Waals surface area contributed by atoms with Crippen molar-refractivity contribution in [3.05, 3.63) is 54.9 Å². The Kier molecular flexibility index (Phi) is 17.5. The maximum Gasteiger partial charge on any atom is 0.247 e. The van der Waals surface area contributed by atoms with Crippen molar-refractivity contribution in [3.63, 3.8) is 0 Å². The van der Waals surface area contributed by atoms with Crippen LogP contribution in [-0.4, -0.2) is 17.9 Å². The molecule has 0 aliphatic heterocycles. The average molecular weight is 407 g/mol. The lowest BCUT2D eigenvalue weighted by molar-refractivity contribution is -0.117. The summed E-state index contributed by atoms with van der Waals surface area (Å²) in [6.07, 6.45) is 7.24. The van der Waals surface area contributed by atoms with Crippen molar-refractivity contribution in [2.45, 2.75) is 73.3 Å². The lowest BCUT2D eigenvalue weighted by Crippen LogP contribution is -2.36. The molecule has 2 atom stereocenters. The Morgan fingerprint density at radius 3 is 2.17 bits per heavy atom. The van der Waals surface area contributed by atoms with Crippen molar-refractivity contribution in [2.24, 2.45) is 5.92 Å². The quantitative estimate of drug-likeness (QED) is 0.587. The van der Waals surface area contributed by atoms with Crippen LogP contribution in [0.1, 0.15) is 65.9 Å². The second-order valence-electron chi connectivity index (χ2n) is 6.36. The first-order valence-corrected chi connectivity index (χ1v) is 10.5. The molecule has 1 aromatic rings. The predicted octanol–water partition coefficient (Wildman–Crippen LogP) is 6.18. The van der Waals surface area contributed by atoms with Crippen LogP contribution >= 0.6 is 0 Å². The van der Waals surface area contributed by atoms with Crippen molar-refractivity contribution in [1.82, 2.24) is 5.32 Å². The molecule has 0 heterocycles. The van der Waals surface area contributed by atoms with E-state index < -0.39 is 11.7 Å². The van der Waals surface area contributed by atoms with Gasteiger partial charge in [0, 0.05) is 6.04 Å². The first kappa shape index (κ1) is 28.8. The van der Waals surface area contributed by atoms with Crippen LogP contribution in [0.15, 0.2) is 43.5 Å². The van der Waals surface area contributed by atoms with E-state index in [1.165, 1.54) is 25.0 Å². The molecule has 0 radical (unpaired) electrons. The Morgan fingerprint density at radius 1 is 1.07 bits per heavy atom. The van der Waals surface area contributed by atoms with Gasteiger partial charge in [0.2, 0.25) is 11.8 Å². The summed E-state index contributed by atoms with van der Waals surface area (Å²) in [4.78, 5) is 21.8. The molecule has 0 aromatic heterocycles. The number of aryl methyl sites for hydroxylation is 1. The number of anilines is 1. The number of hydrogen-bond acceptors (Lipinski definition) is 2. The maximum absolute atomic E-state index is 13.0. The van der Waals surface area contributed by atoms with Gasteiger partial charge in [-0.2, -0.15) is 0 Å². The number of amides is 2. The molecule has 1 aliphatic carbocycles. The lowest BCUT2D eigenvalue weighted by atomic mass is 9.87. The fourth-order valence-corrected chi connectivity index (χ4v) is 2.74. The second kappa shape index (κ2) is 17.7. The van der Waals surface area contributed by atoms with E-state index in [0.717, 1.165) is 30.4 Å². The summed E-state index contributed by atoms with van der Waals surface area (Å²) < 4.78 is 13.0. The van der Waals surface area contributed by atoms with Gasteiger partial charge < -0.3 is 10.6 Å². The van der Waals surface area contributed by atoms with E-state index in [1.54, 1.807) is 12.1 Å². The van der Waals surface area contributed by atoms with Crippen LogP contribution in [0.4, 0.5) is 10.1 Å². The van der Waals surface area contributed by atoms with Gasteiger partial charge in [0.15, 0.2) is 0 Å². The third kappa shape index (κ3) is 13.4. The van der Waals surface area contributed by atoms with Crippen molar-refractivity contribution < 1.29 is 14.0 Å². The van der Waals surface area contributed by atoms with Gasteiger partial charge in [-0.3, -0.25) is 9.59 Å². The van der Waals surface area contributed by atoms with Crippen LogP contribution in [0.5, 0.6) is 0 Å². The zero-order chi connectivity index (χ0) is 22.8. The monoisotopic (exact) mass is 406 g/mol. The predicted molar refractivity (Wildman–Crippen MR) is 122 cm³/mol. The molecule has 1 saturated carbocycles. The molecule has 2 rings (SSSR count). The Morgan fingerprint density at radius 2 is 1.66 bits per heavy atom. The highest BCUT2D eigenvalue weighted by atomic mass is 19.1. The second-order valence-corrected chi connectivity index (χ2v) is 6.36. The molecule has 2 N–H and O–H groups in total. The molecule has 0 saturated heterocycles. The van der Waals surface area contributed by atoms with E-state index in [-0.39, 0.29) is 11.6 Å². The summed E-state index contributed by atoms with van der Waals surface area (Å²) in [5, 5.41) is 5.31. The van der Waals surface area contributed by atoms with E-state index in [1.807, 2.05) is 34.6 Å². The molecular weight excluding hydrogens is 367 g/mol. The molecule has 4 nitrogen and oxygen atoms in total. The van der Waals surface area contributed by atoms with Gasteiger partial charge in [-0.1, -0.05) is 66.7 Å². The zero-order valence-corrected chi connectivity index (χ0v) is 19.0. The summed E-state index contributed by atoms with van der Waals surface area (Å²) in [5.74, 6) is -0.131. The van der Waals surface area contributed by atoms with Crippen molar-refractivity contribution >= 4 is 17.5 Å². The van der Waals surface area contributed by atoms with E-state index in [2.05, 4.69) is 30.7 Å². The number of hydrogen-bond donors (Lipinski definition) is 2. The van der Waals surface area contributed by atoms with Gasteiger partial charge in [0.05, 0.1) is 5.69 Å². The van der Waals surface area contributed by atoms with Gasteiger partial charge in [-0.15, -0.1) is 0 Å². The fourth-order valence-electron chi connectivity index (χ4n) is 2.74. The minimum atomic E-state index is -0.444. The van der Waals surface area contributed by atoms with Gasteiger partial charge in [0.25, 0.3) is 0 Å². The van der Waals surface area contributed by atoms with E-state index in [0.29, 0.717) is 6.04 Å². The van der Waals surface area contributed by atoms with E-state index >= 15 is 0 Å². The van der Waals surface area contributed by atoms with Gasteiger partial charge in [-0.05, 0) is 55.5 Å². The number of benzene rings is 1.